The minimum atomic E-state index is -0.707. The average molecular weight is 275 g/mol. The Kier molecular flexibility index (Phi) is 6.51. The maximum absolute atomic E-state index is 8.83. The summed E-state index contributed by atoms with van der Waals surface area (Å²) in [5, 5.41) is 12.0. The van der Waals surface area contributed by atoms with Crippen LogP contribution in [0, 0.1) is 0 Å². The molecule has 0 aromatic heterocycles. The number of ether oxygens (including phenoxy) is 2. The van der Waals surface area contributed by atoms with E-state index in [1.165, 1.54) is 0 Å². The molecule has 0 saturated carbocycles. The molecule has 0 saturated heterocycles. The number of hydrogen-bond acceptors (Lipinski definition) is 5. The van der Waals surface area contributed by atoms with Crippen LogP contribution in [-0.4, -0.2) is 30.2 Å². The number of oxime groups is 1. The molecule has 0 radical (unpaired) electrons. The Balaban J connectivity index is 0.00000289. The molecule has 5 nitrogen and oxygen atoms in total. The lowest BCUT2D eigenvalue weighted by molar-refractivity contribution is 0.299. The maximum Gasteiger partial charge on any atom is 0.132 e. The monoisotopic (exact) mass is 274 g/mol. The number of hydrogen-bond donors (Lipinski definition) is 2. The molecule has 1 aromatic rings. The molecule has 0 atom stereocenters. The van der Waals surface area contributed by atoms with Crippen LogP contribution in [0.1, 0.15) is 13.8 Å². The summed E-state index contributed by atoms with van der Waals surface area (Å²) >= 11 is 0. The summed E-state index contributed by atoms with van der Waals surface area (Å²) in [6.45, 7) is 3.64. The lowest BCUT2D eigenvalue weighted by atomic mass is 10.0. The summed E-state index contributed by atoms with van der Waals surface area (Å²) < 4.78 is 10.5. The smallest absolute Gasteiger partial charge is 0.132 e. The highest BCUT2D eigenvalue weighted by Crippen LogP contribution is 2.17. The predicted molar refractivity (Wildman–Crippen MR) is 73.2 cm³/mol. The molecule has 0 bridgehead atoms. The Morgan fingerprint density at radius 1 is 1.28 bits per heavy atom. The topological polar surface area (TPSA) is 77.1 Å². The molecule has 3 N–H and O–H groups in total. The molecule has 102 valence electrons. The van der Waals surface area contributed by atoms with Crippen LogP contribution in [0.3, 0.4) is 0 Å². The number of halogens is 1. The number of nitrogens with two attached hydrogens (primary N) is 1. The van der Waals surface area contributed by atoms with Gasteiger partial charge in [0.1, 0.15) is 23.8 Å². The van der Waals surface area contributed by atoms with E-state index in [4.69, 9.17) is 20.4 Å². The van der Waals surface area contributed by atoms with Gasteiger partial charge in [-0.2, -0.15) is 0 Å². The molecule has 0 amide bonds. The third-order valence-electron chi connectivity index (χ3n) is 2.30. The van der Waals surface area contributed by atoms with Gasteiger partial charge in [0, 0.05) is 0 Å². The summed E-state index contributed by atoms with van der Waals surface area (Å²) in [4.78, 5) is 0. The van der Waals surface area contributed by atoms with E-state index in [0.29, 0.717) is 11.5 Å². The Hall–Kier alpha value is -1.46. The van der Waals surface area contributed by atoms with E-state index >= 15 is 0 Å². The molecule has 0 spiro atoms. The molecule has 0 aliphatic rings. The maximum atomic E-state index is 8.83. The lowest BCUT2D eigenvalue weighted by Gasteiger charge is -2.20. The SMILES string of the molecule is COc1ccc(OCC(=NO)C(C)(C)N)cc1.Cl. The van der Waals surface area contributed by atoms with Gasteiger partial charge in [0.15, 0.2) is 0 Å². The van der Waals surface area contributed by atoms with Crippen molar-refractivity contribution in [2.45, 2.75) is 19.4 Å². The summed E-state index contributed by atoms with van der Waals surface area (Å²) in [7, 11) is 1.60. The average Bonchev–Trinajstić information content (AvgIpc) is 2.29. The van der Waals surface area contributed by atoms with Gasteiger partial charge >= 0.3 is 0 Å². The molecule has 0 aliphatic heterocycles. The van der Waals surface area contributed by atoms with E-state index in [9.17, 15) is 0 Å². The van der Waals surface area contributed by atoms with Crippen LogP contribution in [0.4, 0.5) is 0 Å². The Morgan fingerprint density at radius 2 is 1.78 bits per heavy atom. The van der Waals surface area contributed by atoms with E-state index in [2.05, 4.69) is 5.16 Å². The van der Waals surface area contributed by atoms with E-state index in [1.54, 1.807) is 45.2 Å². The van der Waals surface area contributed by atoms with Crippen molar-refractivity contribution in [2.75, 3.05) is 13.7 Å². The minimum absolute atomic E-state index is 0. The zero-order chi connectivity index (χ0) is 12.9. The van der Waals surface area contributed by atoms with Gasteiger partial charge in [0.25, 0.3) is 0 Å². The van der Waals surface area contributed by atoms with Crippen LogP contribution >= 0.6 is 12.4 Å². The van der Waals surface area contributed by atoms with Crippen molar-refractivity contribution in [3.05, 3.63) is 24.3 Å². The van der Waals surface area contributed by atoms with Crippen molar-refractivity contribution < 1.29 is 14.7 Å². The fourth-order valence-corrected chi connectivity index (χ4v) is 1.17. The summed E-state index contributed by atoms with van der Waals surface area (Å²) in [5.74, 6) is 1.42. The van der Waals surface area contributed by atoms with Crippen molar-refractivity contribution >= 4 is 18.1 Å². The van der Waals surface area contributed by atoms with Gasteiger partial charge in [-0.3, -0.25) is 0 Å². The fourth-order valence-electron chi connectivity index (χ4n) is 1.17. The van der Waals surface area contributed by atoms with Gasteiger partial charge in [-0.1, -0.05) is 5.16 Å². The molecule has 1 rings (SSSR count). The van der Waals surface area contributed by atoms with Crippen molar-refractivity contribution in [1.29, 1.82) is 0 Å². The highest BCUT2D eigenvalue weighted by Gasteiger charge is 2.20. The molecule has 0 aliphatic carbocycles. The van der Waals surface area contributed by atoms with Crippen molar-refractivity contribution in [1.82, 2.24) is 0 Å². The second kappa shape index (κ2) is 7.08. The van der Waals surface area contributed by atoms with Crippen LogP contribution < -0.4 is 15.2 Å². The summed E-state index contributed by atoms with van der Waals surface area (Å²) in [6.07, 6.45) is 0. The Morgan fingerprint density at radius 3 is 2.17 bits per heavy atom. The summed E-state index contributed by atoms with van der Waals surface area (Å²) in [6, 6.07) is 7.13. The number of methoxy groups -OCH3 is 1. The molecular weight excluding hydrogens is 256 g/mol. The second-order valence-electron chi connectivity index (χ2n) is 4.23. The van der Waals surface area contributed by atoms with Gasteiger partial charge in [-0.05, 0) is 38.1 Å². The van der Waals surface area contributed by atoms with Gasteiger partial charge in [0.05, 0.1) is 12.6 Å². The minimum Gasteiger partial charge on any atom is -0.497 e. The fraction of sp³-hybridized carbons (Fsp3) is 0.417. The molecule has 0 heterocycles. The van der Waals surface area contributed by atoms with Crippen molar-refractivity contribution in [3.63, 3.8) is 0 Å². The zero-order valence-corrected chi connectivity index (χ0v) is 11.5. The second-order valence-corrected chi connectivity index (χ2v) is 4.23. The van der Waals surface area contributed by atoms with E-state index in [0.717, 1.165) is 5.75 Å². The predicted octanol–water partition coefficient (Wildman–Crippen LogP) is 2.06. The number of nitrogens with zero attached hydrogens (tertiary/aromatic N) is 1. The third-order valence-corrected chi connectivity index (χ3v) is 2.30. The zero-order valence-electron chi connectivity index (χ0n) is 10.7. The van der Waals surface area contributed by atoms with Crippen LogP contribution in [0.15, 0.2) is 29.4 Å². The van der Waals surface area contributed by atoms with E-state index in [-0.39, 0.29) is 19.0 Å². The molecule has 0 unspecified atom stereocenters. The lowest BCUT2D eigenvalue weighted by Crippen LogP contribution is -2.44. The van der Waals surface area contributed by atoms with Gasteiger partial charge in [-0.25, -0.2) is 0 Å². The highest BCUT2D eigenvalue weighted by atomic mass is 35.5. The Labute approximate surface area is 113 Å². The molecule has 1 aromatic carbocycles. The Bertz CT molecular complexity index is 385. The normalized spacial score (nSPS) is 11.7. The van der Waals surface area contributed by atoms with Crippen LogP contribution in [-0.2, 0) is 0 Å². The molecule has 6 heteroatoms. The van der Waals surface area contributed by atoms with Crippen LogP contribution in [0.2, 0.25) is 0 Å². The van der Waals surface area contributed by atoms with Crippen molar-refractivity contribution in [2.24, 2.45) is 10.9 Å². The van der Waals surface area contributed by atoms with Crippen LogP contribution in [0.5, 0.6) is 11.5 Å². The highest BCUT2D eigenvalue weighted by molar-refractivity contribution is 5.93. The van der Waals surface area contributed by atoms with Gasteiger partial charge < -0.3 is 20.4 Å². The summed E-state index contributed by atoms with van der Waals surface area (Å²) in [5.41, 5.74) is 5.48. The van der Waals surface area contributed by atoms with E-state index < -0.39 is 5.54 Å². The molecule has 0 fully saturated rings. The quantitative estimate of drug-likeness (QED) is 0.489. The first-order chi connectivity index (χ1) is 7.97. The van der Waals surface area contributed by atoms with Gasteiger partial charge in [0.2, 0.25) is 0 Å². The third kappa shape index (κ3) is 4.81. The van der Waals surface area contributed by atoms with Crippen LogP contribution in [0.25, 0.3) is 0 Å². The number of rotatable bonds is 5. The first-order valence-electron chi connectivity index (χ1n) is 5.24. The molecular formula is C12H19ClN2O3. The number of benzene rings is 1. The molecule has 18 heavy (non-hydrogen) atoms. The first kappa shape index (κ1) is 16.5. The van der Waals surface area contributed by atoms with Crippen molar-refractivity contribution in [3.8, 4) is 11.5 Å². The standard InChI is InChI=1S/C12H18N2O3.ClH/c1-12(2,13)11(14-15)8-17-10-6-4-9(16-3)5-7-10;/h4-7,15H,8,13H2,1-3H3;1H. The largest absolute Gasteiger partial charge is 0.497 e. The first-order valence-corrected chi connectivity index (χ1v) is 5.24. The van der Waals surface area contributed by atoms with E-state index in [1.807, 2.05) is 0 Å². The van der Waals surface area contributed by atoms with Gasteiger partial charge in [-0.15, -0.1) is 12.4 Å².